The minimum Gasteiger partial charge on any atom is -0.398 e. The number of benzene rings is 2. The Hall–Kier alpha value is -1.88. The van der Waals surface area contributed by atoms with Crippen molar-refractivity contribution in [3.8, 4) is 0 Å². The Morgan fingerprint density at radius 3 is 2.60 bits per heavy atom. The molecule has 0 atom stereocenters. The van der Waals surface area contributed by atoms with E-state index in [4.69, 9.17) is 5.73 Å². The first-order valence-corrected chi connectivity index (χ1v) is 6.81. The highest BCUT2D eigenvalue weighted by atomic mass is 79.9. The lowest BCUT2D eigenvalue weighted by molar-refractivity contribution is 0.102. The van der Waals surface area contributed by atoms with E-state index in [0.29, 0.717) is 15.7 Å². The number of hydrogen-bond acceptors (Lipinski definition) is 2. The van der Waals surface area contributed by atoms with Crippen molar-refractivity contribution in [2.45, 2.75) is 13.8 Å². The van der Waals surface area contributed by atoms with Gasteiger partial charge in [0.25, 0.3) is 5.91 Å². The topological polar surface area (TPSA) is 55.1 Å². The van der Waals surface area contributed by atoms with Crippen molar-refractivity contribution >= 4 is 33.2 Å². The fourth-order valence-corrected chi connectivity index (χ4v) is 2.35. The van der Waals surface area contributed by atoms with Gasteiger partial charge in [-0.3, -0.25) is 4.79 Å². The number of carbonyl (C=O) groups excluding carboxylic acids is 1. The van der Waals surface area contributed by atoms with Gasteiger partial charge in [-0.15, -0.1) is 0 Å². The van der Waals surface area contributed by atoms with Crippen molar-refractivity contribution in [3.05, 3.63) is 57.3 Å². The van der Waals surface area contributed by atoms with E-state index in [9.17, 15) is 9.18 Å². The molecule has 2 rings (SSSR count). The number of anilines is 2. The third-order valence-corrected chi connectivity index (χ3v) is 3.72. The number of nitrogen functional groups attached to an aromatic ring is 1. The first-order chi connectivity index (χ1) is 9.40. The summed E-state index contributed by atoms with van der Waals surface area (Å²) in [5, 5.41) is 2.57. The average Bonchev–Trinajstić information content (AvgIpc) is 2.38. The van der Waals surface area contributed by atoms with Crippen LogP contribution in [0.5, 0.6) is 0 Å². The lowest BCUT2D eigenvalue weighted by Crippen LogP contribution is -2.15. The van der Waals surface area contributed by atoms with Crippen LogP contribution in [0, 0.1) is 19.7 Å². The van der Waals surface area contributed by atoms with Gasteiger partial charge in [-0.25, -0.2) is 4.39 Å². The van der Waals surface area contributed by atoms with E-state index in [0.717, 1.165) is 11.1 Å². The molecular weight excluding hydrogens is 323 g/mol. The average molecular weight is 337 g/mol. The van der Waals surface area contributed by atoms with E-state index in [1.54, 1.807) is 18.2 Å². The first-order valence-electron chi connectivity index (χ1n) is 6.02. The largest absolute Gasteiger partial charge is 0.398 e. The standard InChI is InChI=1S/C15H14BrFN2O/c1-8-6-9(2)13(18)7-10(8)15(20)19-14-11(16)4-3-5-12(14)17/h3-7H,18H2,1-2H3,(H,19,20). The third-order valence-electron chi connectivity index (χ3n) is 3.06. The molecule has 0 bridgehead atoms. The number of para-hydroxylation sites is 1. The quantitative estimate of drug-likeness (QED) is 0.813. The molecule has 0 unspecified atom stereocenters. The van der Waals surface area contributed by atoms with E-state index in [1.165, 1.54) is 6.07 Å². The summed E-state index contributed by atoms with van der Waals surface area (Å²) in [6.07, 6.45) is 0. The molecule has 0 aliphatic rings. The minimum absolute atomic E-state index is 0.121. The summed E-state index contributed by atoms with van der Waals surface area (Å²) in [5.74, 6) is -0.884. The molecule has 2 aromatic rings. The molecule has 0 spiro atoms. The minimum atomic E-state index is -0.495. The van der Waals surface area contributed by atoms with Crippen LogP contribution in [-0.2, 0) is 0 Å². The molecule has 20 heavy (non-hydrogen) atoms. The van der Waals surface area contributed by atoms with Crippen LogP contribution in [0.4, 0.5) is 15.8 Å². The monoisotopic (exact) mass is 336 g/mol. The van der Waals surface area contributed by atoms with Gasteiger partial charge in [-0.2, -0.15) is 0 Å². The lowest BCUT2D eigenvalue weighted by atomic mass is 10.0. The highest BCUT2D eigenvalue weighted by molar-refractivity contribution is 9.10. The third kappa shape index (κ3) is 2.82. The Bertz CT molecular complexity index is 666. The highest BCUT2D eigenvalue weighted by Gasteiger charge is 2.15. The van der Waals surface area contributed by atoms with Gasteiger partial charge in [-0.1, -0.05) is 12.1 Å². The maximum Gasteiger partial charge on any atom is 0.256 e. The number of nitrogens with two attached hydrogens (primary N) is 1. The van der Waals surface area contributed by atoms with Crippen LogP contribution in [0.25, 0.3) is 0 Å². The smallest absolute Gasteiger partial charge is 0.256 e. The van der Waals surface area contributed by atoms with E-state index < -0.39 is 5.82 Å². The van der Waals surface area contributed by atoms with Crippen LogP contribution in [0.1, 0.15) is 21.5 Å². The van der Waals surface area contributed by atoms with Crippen LogP contribution in [0.15, 0.2) is 34.8 Å². The molecule has 104 valence electrons. The maximum absolute atomic E-state index is 13.7. The zero-order chi connectivity index (χ0) is 14.9. The predicted octanol–water partition coefficient (Wildman–Crippen LogP) is 4.04. The number of rotatable bonds is 2. The molecule has 5 heteroatoms. The summed E-state index contributed by atoms with van der Waals surface area (Å²) in [5.41, 5.74) is 8.61. The highest BCUT2D eigenvalue weighted by Crippen LogP contribution is 2.26. The van der Waals surface area contributed by atoms with E-state index in [-0.39, 0.29) is 11.6 Å². The maximum atomic E-state index is 13.7. The van der Waals surface area contributed by atoms with E-state index in [1.807, 2.05) is 19.9 Å². The summed E-state index contributed by atoms with van der Waals surface area (Å²) in [6, 6.07) is 7.95. The fourth-order valence-electron chi connectivity index (χ4n) is 1.91. The van der Waals surface area contributed by atoms with Gasteiger partial charge in [0.2, 0.25) is 0 Å². The first kappa shape index (κ1) is 14.5. The van der Waals surface area contributed by atoms with E-state index in [2.05, 4.69) is 21.2 Å². The lowest BCUT2D eigenvalue weighted by Gasteiger charge is -2.12. The van der Waals surface area contributed by atoms with Gasteiger partial charge in [-0.05, 0) is 59.1 Å². The Labute approximate surface area is 125 Å². The van der Waals surface area contributed by atoms with Gasteiger partial charge < -0.3 is 11.1 Å². The molecule has 0 saturated carbocycles. The zero-order valence-corrected chi connectivity index (χ0v) is 12.7. The number of amides is 1. The van der Waals surface area contributed by atoms with Crippen LogP contribution < -0.4 is 11.1 Å². The molecule has 3 nitrogen and oxygen atoms in total. The second-order valence-electron chi connectivity index (χ2n) is 4.57. The number of nitrogens with one attached hydrogen (secondary N) is 1. The second kappa shape index (κ2) is 5.63. The number of aryl methyl sites for hydroxylation is 2. The number of halogens is 2. The van der Waals surface area contributed by atoms with Crippen LogP contribution in [0.3, 0.4) is 0 Å². The normalized spacial score (nSPS) is 10.4. The zero-order valence-electron chi connectivity index (χ0n) is 11.1. The summed E-state index contributed by atoms with van der Waals surface area (Å²) < 4.78 is 14.2. The van der Waals surface area contributed by atoms with Crippen molar-refractivity contribution < 1.29 is 9.18 Å². The molecule has 0 fully saturated rings. The van der Waals surface area contributed by atoms with Crippen molar-refractivity contribution in [3.63, 3.8) is 0 Å². The molecule has 0 saturated heterocycles. The summed E-state index contributed by atoms with van der Waals surface area (Å²) in [4.78, 5) is 12.2. The molecule has 0 aliphatic heterocycles. The Morgan fingerprint density at radius 2 is 1.95 bits per heavy atom. The van der Waals surface area contributed by atoms with Crippen LogP contribution >= 0.6 is 15.9 Å². The van der Waals surface area contributed by atoms with Crippen molar-refractivity contribution in [2.75, 3.05) is 11.1 Å². The Morgan fingerprint density at radius 1 is 1.25 bits per heavy atom. The number of hydrogen-bond donors (Lipinski definition) is 2. The molecule has 0 heterocycles. The van der Waals surface area contributed by atoms with Crippen LogP contribution in [0.2, 0.25) is 0 Å². The Kier molecular flexibility index (Phi) is 4.09. The summed E-state index contributed by atoms with van der Waals surface area (Å²) >= 11 is 3.21. The molecule has 0 aromatic heterocycles. The van der Waals surface area contributed by atoms with Crippen molar-refractivity contribution in [1.82, 2.24) is 0 Å². The molecule has 1 amide bonds. The molecule has 0 radical (unpaired) electrons. The summed E-state index contributed by atoms with van der Waals surface area (Å²) in [6.45, 7) is 3.69. The van der Waals surface area contributed by atoms with Gasteiger partial charge in [0.1, 0.15) is 5.82 Å². The van der Waals surface area contributed by atoms with Gasteiger partial charge in [0, 0.05) is 15.7 Å². The molecule has 2 aromatic carbocycles. The molecule has 0 aliphatic carbocycles. The van der Waals surface area contributed by atoms with Gasteiger partial charge in [0.05, 0.1) is 5.69 Å². The molecule has 3 N–H and O–H groups in total. The number of carbonyl (C=O) groups is 1. The van der Waals surface area contributed by atoms with Crippen molar-refractivity contribution in [2.24, 2.45) is 0 Å². The van der Waals surface area contributed by atoms with Crippen molar-refractivity contribution in [1.29, 1.82) is 0 Å². The van der Waals surface area contributed by atoms with Gasteiger partial charge in [0.15, 0.2) is 0 Å². The predicted molar refractivity (Wildman–Crippen MR) is 82.4 cm³/mol. The second-order valence-corrected chi connectivity index (χ2v) is 5.43. The SMILES string of the molecule is Cc1cc(C)c(C(=O)Nc2c(F)cccc2Br)cc1N. The Balaban J connectivity index is 2.36. The van der Waals surface area contributed by atoms with Gasteiger partial charge >= 0.3 is 0 Å². The molecular formula is C15H14BrFN2O. The van der Waals surface area contributed by atoms with Crippen LogP contribution in [-0.4, -0.2) is 5.91 Å². The van der Waals surface area contributed by atoms with E-state index >= 15 is 0 Å². The fraction of sp³-hybridized carbons (Fsp3) is 0.133. The summed E-state index contributed by atoms with van der Waals surface area (Å²) in [7, 11) is 0.